The molecule has 0 radical (unpaired) electrons. The van der Waals surface area contributed by atoms with Gasteiger partial charge in [0.25, 0.3) is 5.91 Å². The molecule has 0 unspecified atom stereocenters. The number of nitrogens with zero attached hydrogens (tertiary/aromatic N) is 1. The lowest BCUT2D eigenvalue weighted by Gasteiger charge is -2.33. The zero-order valence-corrected chi connectivity index (χ0v) is 19.3. The van der Waals surface area contributed by atoms with Crippen molar-refractivity contribution >= 4 is 11.9 Å². The SMILES string of the molecule is NCc1cccc(C2CCN(C(=O)c3cccc(OC(=O)C(F)(F)F)c3Oc3ccccc3)CC2)c1. The Kier molecular flexibility index (Phi) is 7.59. The first-order valence-corrected chi connectivity index (χ1v) is 11.5. The maximum absolute atomic E-state index is 13.5. The summed E-state index contributed by atoms with van der Waals surface area (Å²) in [5.74, 6) is -3.00. The number of alkyl halides is 3. The van der Waals surface area contributed by atoms with Gasteiger partial charge in [-0.3, -0.25) is 4.79 Å². The lowest BCUT2D eigenvalue weighted by atomic mass is 9.88. The van der Waals surface area contributed by atoms with E-state index in [2.05, 4.69) is 10.8 Å². The fourth-order valence-corrected chi connectivity index (χ4v) is 4.19. The highest BCUT2D eigenvalue weighted by Gasteiger charge is 2.42. The van der Waals surface area contributed by atoms with E-state index in [0.717, 1.165) is 24.5 Å². The molecule has 1 aliphatic rings. The Labute approximate surface area is 206 Å². The van der Waals surface area contributed by atoms with E-state index >= 15 is 0 Å². The van der Waals surface area contributed by atoms with Crippen molar-refractivity contribution in [2.45, 2.75) is 31.5 Å². The standard InChI is InChI=1S/C27H25F3N2O4/c28-27(29,30)26(34)36-23-11-5-10-22(24(23)35-21-8-2-1-3-9-21)25(33)32-14-12-19(13-15-32)20-7-4-6-18(16-20)17-31/h1-11,16,19H,12-15,17,31H2. The molecule has 1 saturated heterocycles. The number of hydrogen-bond donors (Lipinski definition) is 1. The van der Waals surface area contributed by atoms with Crippen LogP contribution in [0.2, 0.25) is 0 Å². The summed E-state index contributed by atoms with van der Waals surface area (Å²) < 4.78 is 49.0. The molecule has 188 valence electrons. The molecule has 0 saturated carbocycles. The third-order valence-corrected chi connectivity index (χ3v) is 6.05. The van der Waals surface area contributed by atoms with Gasteiger partial charge in [0.2, 0.25) is 0 Å². The van der Waals surface area contributed by atoms with E-state index in [1.165, 1.54) is 17.7 Å². The Morgan fingerprint density at radius 3 is 2.31 bits per heavy atom. The minimum Gasteiger partial charge on any atom is -0.453 e. The molecule has 0 aliphatic carbocycles. The Hall–Kier alpha value is -3.85. The minimum atomic E-state index is -5.20. The molecule has 2 N–H and O–H groups in total. The van der Waals surface area contributed by atoms with Gasteiger partial charge in [-0.1, -0.05) is 48.5 Å². The van der Waals surface area contributed by atoms with Crippen LogP contribution in [0.4, 0.5) is 13.2 Å². The van der Waals surface area contributed by atoms with Crippen molar-refractivity contribution < 1.29 is 32.2 Å². The molecule has 1 heterocycles. The average Bonchev–Trinajstić information content (AvgIpc) is 2.89. The van der Waals surface area contributed by atoms with Crippen LogP contribution in [0.15, 0.2) is 72.8 Å². The number of nitrogens with two attached hydrogens (primary N) is 1. The number of halogens is 3. The highest BCUT2D eigenvalue weighted by molar-refractivity contribution is 5.98. The lowest BCUT2D eigenvalue weighted by molar-refractivity contribution is -0.189. The first-order chi connectivity index (χ1) is 17.3. The van der Waals surface area contributed by atoms with Crippen LogP contribution in [0.1, 0.15) is 40.2 Å². The van der Waals surface area contributed by atoms with E-state index in [4.69, 9.17) is 10.5 Å². The van der Waals surface area contributed by atoms with E-state index in [9.17, 15) is 22.8 Å². The van der Waals surface area contributed by atoms with Crippen LogP contribution in [0.25, 0.3) is 0 Å². The van der Waals surface area contributed by atoms with Crippen molar-refractivity contribution in [3.8, 4) is 17.2 Å². The fourth-order valence-electron chi connectivity index (χ4n) is 4.19. The molecule has 6 nitrogen and oxygen atoms in total. The summed E-state index contributed by atoms with van der Waals surface area (Å²) >= 11 is 0. The first-order valence-electron chi connectivity index (χ1n) is 11.5. The van der Waals surface area contributed by atoms with Crippen molar-refractivity contribution in [3.05, 3.63) is 89.5 Å². The number of hydrogen-bond acceptors (Lipinski definition) is 5. The summed E-state index contributed by atoms with van der Waals surface area (Å²) in [7, 11) is 0. The summed E-state index contributed by atoms with van der Waals surface area (Å²) in [5, 5.41) is 0. The fraction of sp³-hybridized carbons (Fsp3) is 0.259. The van der Waals surface area contributed by atoms with Crippen LogP contribution in [0.3, 0.4) is 0 Å². The zero-order valence-electron chi connectivity index (χ0n) is 19.3. The van der Waals surface area contributed by atoms with E-state index < -0.39 is 23.8 Å². The molecule has 9 heteroatoms. The second-order valence-corrected chi connectivity index (χ2v) is 8.45. The van der Waals surface area contributed by atoms with E-state index in [0.29, 0.717) is 19.6 Å². The molecular formula is C27H25F3N2O4. The Balaban J connectivity index is 1.57. The molecule has 1 amide bonds. The maximum Gasteiger partial charge on any atom is 0.491 e. The average molecular weight is 499 g/mol. The van der Waals surface area contributed by atoms with Crippen LogP contribution < -0.4 is 15.2 Å². The normalized spacial score (nSPS) is 14.4. The summed E-state index contributed by atoms with van der Waals surface area (Å²) in [6.07, 6.45) is -3.76. The van der Waals surface area contributed by atoms with Crippen molar-refractivity contribution in [1.29, 1.82) is 0 Å². The molecule has 0 atom stereocenters. The second kappa shape index (κ2) is 10.8. The predicted molar refractivity (Wildman–Crippen MR) is 127 cm³/mol. The summed E-state index contributed by atoms with van der Waals surface area (Å²) in [6, 6.07) is 20.3. The lowest BCUT2D eigenvalue weighted by Crippen LogP contribution is -2.38. The molecule has 1 aliphatic heterocycles. The monoisotopic (exact) mass is 498 g/mol. The van der Waals surface area contributed by atoms with Crippen LogP contribution >= 0.6 is 0 Å². The summed E-state index contributed by atoms with van der Waals surface area (Å²) in [4.78, 5) is 26.6. The van der Waals surface area contributed by atoms with Gasteiger partial charge < -0.3 is 20.1 Å². The van der Waals surface area contributed by atoms with Crippen molar-refractivity contribution in [2.75, 3.05) is 13.1 Å². The van der Waals surface area contributed by atoms with Crippen LogP contribution in [0.5, 0.6) is 17.2 Å². The smallest absolute Gasteiger partial charge is 0.453 e. The molecular weight excluding hydrogens is 473 g/mol. The van der Waals surface area contributed by atoms with Crippen molar-refractivity contribution in [1.82, 2.24) is 4.90 Å². The number of ether oxygens (including phenoxy) is 2. The molecule has 4 rings (SSSR count). The molecule has 1 fully saturated rings. The van der Waals surface area contributed by atoms with Gasteiger partial charge in [0, 0.05) is 19.6 Å². The molecule has 0 spiro atoms. The van der Waals surface area contributed by atoms with Gasteiger partial charge in [-0.25, -0.2) is 4.79 Å². The number of carbonyl (C=O) groups excluding carboxylic acids is 2. The topological polar surface area (TPSA) is 81.9 Å². The number of rotatable bonds is 6. The number of benzene rings is 3. The Morgan fingerprint density at radius 1 is 0.944 bits per heavy atom. The summed E-state index contributed by atoms with van der Waals surface area (Å²) in [6.45, 7) is 1.35. The van der Waals surface area contributed by atoms with Crippen LogP contribution in [-0.2, 0) is 11.3 Å². The largest absolute Gasteiger partial charge is 0.491 e. The van der Waals surface area contributed by atoms with E-state index in [1.54, 1.807) is 35.2 Å². The van der Waals surface area contributed by atoms with Crippen molar-refractivity contribution in [2.24, 2.45) is 5.73 Å². The third kappa shape index (κ3) is 5.85. The number of piperidine rings is 1. The Bertz CT molecular complexity index is 1220. The predicted octanol–water partition coefficient (Wildman–Crippen LogP) is 5.43. The van der Waals surface area contributed by atoms with Gasteiger partial charge in [0.15, 0.2) is 11.5 Å². The highest BCUT2D eigenvalue weighted by atomic mass is 19.4. The minimum absolute atomic E-state index is 0.00917. The van der Waals surface area contributed by atoms with Crippen LogP contribution in [0, 0.1) is 0 Å². The molecule has 3 aromatic rings. The van der Waals surface area contributed by atoms with Crippen molar-refractivity contribution in [3.63, 3.8) is 0 Å². The second-order valence-electron chi connectivity index (χ2n) is 8.45. The molecule has 0 aromatic heterocycles. The summed E-state index contributed by atoms with van der Waals surface area (Å²) in [5.41, 5.74) is 7.97. The number of amides is 1. The van der Waals surface area contributed by atoms with E-state index in [1.807, 2.05) is 18.2 Å². The number of likely N-dealkylation sites (tertiary alicyclic amines) is 1. The number of carbonyl (C=O) groups is 2. The van der Waals surface area contributed by atoms with Gasteiger partial charge in [-0.15, -0.1) is 0 Å². The first kappa shape index (κ1) is 25.2. The van der Waals surface area contributed by atoms with Gasteiger partial charge in [-0.05, 0) is 54.2 Å². The van der Waals surface area contributed by atoms with Gasteiger partial charge in [0.05, 0.1) is 5.56 Å². The zero-order chi connectivity index (χ0) is 25.7. The number of para-hydroxylation sites is 2. The van der Waals surface area contributed by atoms with Gasteiger partial charge in [-0.2, -0.15) is 13.2 Å². The highest BCUT2D eigenvalue weighted by Crippen LogP contribution is 2.38. The Morgan fingerprint density at radius 2 is 1.64 bits per heavy atom. The maximum atomic E-state index is 13.5. The van der Waals surface area contributed by atoms with Gasteiger partial charge in [0.1, 0.15) is 5.75 Å². The third-order valence-electron chi connectivity index (χ3n) is 6.05. The van der Waals surface area contributed by atoms with Crippen LogP contribution in [-0.4, -0.2) is 36.0 Å². The quantitative estimate of drug-likeness (QED) is 0.362. The molecule has 0 bridgehead atoms. The van der Waals surface area contributed by atoms with E-state index in [-0.39, 0.29) is 23.0 Å². The van der Waals surface area contributed by atoms with Gasteiger partial charge >= 0.3 is 12.1 Å². The number of esters is 1. The molecule has 3 aromatic carbocycles. The molecule has 36 heavy (non-hydrogen) atoms.